The Bertz CT molecular complexity index is 574. The van der Waals surface area contributed by atoms with Gasteiger partial charge in [-0.2, -0.15) is 0 Å². The van der Waals surface area contributed by atoms with Crippen LogP contribution in [-0.2, 0) is 16.0 Å². The van der Waals surface area contributed by atoms with Gasteiger partial charge in [-0.25, -0.2) is 0 Å². The third-order valence-electron chi connectivity index (χ3n) is 4.83. The number of hydrogen-bond acceptors (Lipinski definition) is 4. The Balaban J connectivity index is 1.43. The van der Waals surface area contributed by atoms with Crippen molar-refractivity contribution in [2.45, 2.75) is 19.3 Å². The molecular weight excluding hydrogens is 306 g/mol. The standard InChI is InChI=1S/C18H25N3O3/c22-16-5-3-15(4-6-16)13-17(23)21-11-9-19(10-12-21)14-18(24)20-7-1-2-8-20/h3-6,22H,1-2,7-14H2. The van der Waals surface area contributed by atoms with Gasteiger partial charge in [-0.05, 0) is 30.5 Å². The van der Waals surface area contributed by atoms with E-state index in [9.17, 15) is 14.7 Å². The molecule has 130 valence electrons. The third-order valence-corrected chi connectivity index (χ3v) is 4.83. The predicted molar refractivity (Wildman–Crippen MR) is 90.6 cm³/mol. The van der Waals surface area contributed by atoms with Crippen LogP contribution in [0.3, 0.4) is 0 Å². The minimum Gasteiger partial charge on any atom is -0.508 e. The van der Waals surface area contributed by atoms with Crippen LogP contribution in [0.15, 0.2) is 24.3 Å². The van der Waals surface area contributed by atoms with Crippen molar-refractivity contribution in [2.75, 3.05) is 45.8 Å². The molecule has 2 amide bonds. The lowest BCUT2D eigenvalue weighted by Gasteiger charge is -2.35. The summed E-state index contributed by atoms with van der Waals surface area (Å²) in [6.07, 6.45) is 2.59. The van der Waals surface area contributed by atoms with Crippen molar-refractivity contribution >= 4 is 11.8 Å². The van der Waals surface area contributed by atoms with Gasteiger partial charge in [-0.15, -0.1) is 0 Å². The average molecular weight is 331 g/mol. The molecular formula is C18H25N3O3. The number of carbonyl (C=O) groups is 2. The summed E-state index contributed by atoms with van der Waals surface area (Å²) < 4.78 is 0. The molecule has 0 radical (unpaired) electrons. The molecule has 2 aliphatic heterocycles. The lowest BCUT2D eigenvalue weighted by Crippen LogP contribution is -2.51. The minimum absolute atomic E-state index is 0.103. The second-order valence-corrected chi connectivity index (χ2v) is 6.59. The summed E-state index contributed by atoms with van der Waals surface area (Å²) in [5.41, 5.74) is 0.907. The van der Waals surface area contributed by atoms with Crippen molar-refractivity contribution in [3.05, 3.63) is 29.8 Å². The van der Waals surface area contributed by atoms with Gasteiger partial charge < -0.3 is 14.9 Å². The first-order valence-electron chi connectivity index (χ1n) is 8.67. The van der Waals surface area contributed by atoms with Crippen molar-refractivity contribution in [3.8, 4) is 5.75 Å². The summed E-state index contributed by atoms with van der Waals surface area (Å²) in [6, 6.07) is 6.76. The molecule has 0 unspecified atom stereocenters. The first kappa shape index (κ1) is 16.8. The van der Waals surface area contributed by atoms with E-state index >= 15 is 0 Å². The van der Waals surface area contributed by atoms with Gasteiger partial charge in [0.15, 0.2) is 0 Å². The number of amides is 2. The number of hydrogen-bond donors (Lipinski definition) is 1. The second-order valence-electron chi connectivity index (χ2n) is 6.59. The minimum atomic E-state index is 0.103. The van der Waals surface area contributed by atoms with E-state index in [2.05, 4.69) is 4.90 Å². The van der Waals surface area contributed by atoms with Crippen LogP contribution < -0.4 is 0 Å². The van der Waals surface area contributed by atoms with Gasteiger partial charge in [0.1, 0.15) is 5.75 Å². The molecule has 3 rings (SSSR count). The molecule has 2 saturated heterocycles. The van der Waals surface area contributed by atoms with Gasteiger partial charge in [0.2, 0.25) is 11.8 Å². The van der Waals surface area contributed by atoms with E-state index in [1.807, 2.05) is 9.80 Å². The topological polar surface area (TPSA) is 64.1 Å². The molecule has 1 aromatic carbocycles. The van der Waals surface area contributed by atoms with Crippen LogP contribution in [0, 0.1) is 0 Å². The van der Waals surface area contributed by atoms with E-state index in [4.69, 9.17) is 0 Å². The highest BCUT2D eigenvalue weighted by Gasteiger charge is 2.25. The van der Waals surface area contributed by atoms with Gasteiger partial charge >= 0.3 is 0 Å². The quantitative estimate of drug-likeness (QED) is 0.882. The number of phenolic OH excluding ortho intramolecular Hbond substituents is 1. The molecule has 0 saturated carbocycles. The summed E-state index contributed by atoms with van der Waals surface area (Å²) >= 11 is 0. The van der Waals surface area contributed by atoms with Crippen LogP contribution in [-0.4, -0.2) is 77.4 Å². The van der Waals surface area contributed by atoms with Gasteiger partial charge in [-0.3, -0.25) is 14.5 Å². The van der Waals surface area contributed by atoms with E-state index in [0.29, 0.717) is 26.1 Å². The molecule has 0 bridgehead atoms. The van der Waals surface area contributed by atoms with Crippen molar-refractivity contribution in [2.24, 2.45) is 0 Å². The van der Waals surface area contributed by atoms with Crippen molar-refractivity contribution in [1.29, 1.82) is 0 Å². The second kappa shape index (κ2) is 7.66. The summed E-state index contributed by atoms with van der Waals surface area (Å²) in [7, 11) is 0. The molecule has 24 heavy (non-hydrogen) atoms. The van der Waals surface area contributed by atoms with Gasteiger partial charge in [-0.1, -0.05) is 12.1 Å². The smallest absolute Gasteiger partial charge is 0.236 e. The SMILES string of the molecule is O=C(Cc1ccc(O)cc1)N1CCN(CC(=O)N2CCCC2)CC1. The van der Waals surface area contributed by atoms with Gasteiger partial charge in [0.25, 0.3) is 0 Å². The fraction of sp³-hybridized carbons (Fsp3) is 0.556. The molecule has 0 aliphatic carbocycles. The maximum absolute atomic E-state index is 12.4. The number of carbonyl (C=O) groups excluding carboxylic acids is 2. The zero-order chi connectivity index (χ0) is 16.9. The van der Waals surface area contributed by atoms with Crippen LogP contribution in [0.25, 0.3) is 0 Å². The van der Waals surface area contributed by atoms with E-state index in [1.165, 1.54) is 0 Å². The Kier molecular flexibility index (Phi) is 5.35. The summed E-state index contributed by atoms with van der Waals surface area (Å²) in [4.78, 5) is 30.5. The molecule has 0 spiro atoms. The van der Waals surface area contributed by atoms with Crippen LogP contribution >= 0.6 is 0 Å². The summed E-state index contributed by atoms with van der Waals surface area (Å²) in [5.74, 6) is 0.532. The Morgan fingerprint density at radius 2 is 1.42 bits per heavy atom. The number of aromatic hydroxyl groups is 1. The zero-order valence-corrected chi connectivity index (χ0v) is 14.0. The zero-order valence-electron chi connectivity index (χ0n) is 14.0. The van der Waals surface area contributed by atoms with Crippen molar-refractivity contribution < 1.29 is 14.7 Å². The van der Waals surface area contributed by atoms with Crippen molar-refractivity contribution in [1.82, 2.24) is 14.7 Å². The first-order valence-corrected chi connectivity index (χ1v) is 8.67. The number of nitrogens with zero attached hydrogens (tertiary/aromatic N) is 3. The summed E-state index contributed by atoms with van der Waals surface area (Å²) in [6.45, 7) is 5.10. The van der Waals surface area contributed by atoms with E-state index in [-0.39, 0.29) is 17.6 Å². The Hall–Kier alpha value is -2.08. The number of piperazine rings is 1. The molecule has 2 heterocycles. The Labute approximate surface area is 142 Å². The maximum Gasteiger partial charge on any atom is 0.236 e. The Morgan fingerprint density at radius 1 is 0.833 bits per heavy atom. The van der Waals surface area contributed by atoms with Crippen molar-refractivity contribution in [3.63, 3.8) is 0 Å². The molecule has 2 aliphatic rings. The lowest BCUT2D eigenvalue weighted by molar-refractivity contribution is -0.134. The van der Waals surface area contributed by atoms with Crippen LogP contribution in [0.5, 0.6) is 5.75 Å². The molecule has 0 aromatic heterocycles. The maximum atomic E-state index is 12.4. The molecule has 6 nitrogen and oxygen atoms in total. The van der Waals surface area contributed by atoms with Crippen LogP contribution in [0.2, 0.25) is 0 Å². The summed E-state index contributed by atoms with van der Waals surface area (Å²) in [5, 5.41) is 9.29. The first-order chi connectivity index (χ1) is 11.6. The van der Waals surface area contributed by atoms with E-state index < -0.39 is 0 Å². The van der Waals surface area contributed by atoms with Gasteiger partial charge in [0, 0.05) is 39.3 Å². The Morgan fingerprint density at radius 3 is 2.04 bits per heavy atom. The molecule has 0 atom stereocenters. The van der Waals surface area contributed by atoms with E-state index in [0.717, 1.165) is 44.6 Å². The number of phenols is 1. The van der Waals surface area contributed by atoms with Crippen LogP contribution in [0.1, 0.15) is 18.4 Å². The highest BCUT2D eigenvalue weighted by Crippen LogP contribution is 2.13. The largest absolute Gasteiger partial charge is 0.508 e. The van der Waals surface area contributed by atoms with E-state index in [1.54, 1.807) is 24.3 Å². The molecule has 1 N–H and O–H groups in total. The highest BCUT2D eigenvalue weighted by atomic mass is 16.3. The molecule has 1 aromatic rings. The number of likely N-dealkylation sites (tertiary alicyclic amines) is 1. The monoisotopic (exact) mass is 331 g/mol. The fourth-order valence-electron chi connectivity index (χ4n) is 3.31. The highest BCUT2D eigenvalue weighted by molar-refractivity contribution is 5.79. The number of rotatable bonds is 4. The van der Waals surface area contributed by atoms with Gasteiger partial charge in [0.05, 0.1) is 13.0 Å². The molecule has 2 fully saturated rings. The fourth-order valence-corrected chi connectivity index (χ4v) is 3.31. The normalized spacial score (nSPS) is 18.8. The molecule has 6 heteroatoms. The third kappa shape index (κ3) is 4.26. The average Bonchev–Trinajstić information content (AvgIpc) is 3.12. The van der Waals surface area contributed by atoms with Crippen LogP contribution in [0.4, 0.5) is 0 Å². The number of benzene rings is 1. The predicted octanol–water partition coefficient (Wildman–Crippen LogP) is 0.701. The lowest BCUT2D eigenvalue weighted by atomic mass is 10.1.